The van der Waals surface area contributed by atoms with Gasteiger partial charge in [-0.05, 0) is 19.4 Å². The molecule has 0 saturated carbocycles. The van der Waals surface area contributed by atoms with Crippen LogP contribution in [0.3, 0.4) is 0 Å². The van der Waals surface area contributed by atoms with Crippen molar-refractivity contribution >= 4 is 5.97 Å². The first-order valence-electron chi connectivity index (χ1n) is 8.11. The van der Waals surface area contributed by atoms with Gasteiger partial charge in [0.2, 0.25) is 5.89 Å². The molecule has 1 heterocycles. The summed E-state index contributed by atoms with van der Waals surface area (Å²) >= 11 is 0. The summed E-state index contributed by atoms with van der Waals surface area (Å²) in [6, 6.07) is 5.99. The van der Waals surface area contributed by atoms with Crippen molar-refractivity contribution in [2.75, 3.05) is 14.2 Å². The maximum Gasteiger partial charge on any atom is 0.357 e. The number of aromatic nitrogens is 1. The minimum Gasteiger partial charge on any atom is -0.493 e. The van der Waals surface area contributed by atoms with Gasteiger partial charge in [-0.2, -0.15) is 0 Å². The number of para-hydroxylation sites is 1. The molecule has 1 unspecified atom stereocenters. The van der Waals surface area contributed by atoms with E-state index in [4.69, 9.17) is 19.0 Å². The smallest absolute Gasteiger partial charge is 0.357 e. The highest BCUT2D eigenvalue weighted by Crippen LogP contribution is 2.32. The molecule has 0 aliphatic heterocycles. The van der Waals surface area contributed by atoms with Crippen LogP contribution in [-0.4, -0.2) is 41.2 Å². The zero-order valence-corrected chi connectivity index (χ0v) is 15.0. The molecule has 25 heavy (non-hydrogen) atoms. The second-order valence-electron chi connectivity index (χ2n) is 5.75. The Balaban J connectivity index is 2.25. The number of oxazole rings is 1. The van der Waals surface area contributed by atoms with E-state index in [9.17, 15) is 4.79 Å². The number of hydrogen-bond acceptors (Lipinski definition) is 6. The lowest BCUT2D eigenvalue weighted by Crippen LogP contribution is -2.32. The van der Waals surface area contributed by atoms with Gasteiger partial charge in [0.1, 0.15) is 6.26 Å². The third kappa shape index (κ3) is 4.51. The number of carboxylic acids is 1. The number of methoxy groups -OCH3 is 2. The Labute approximate surface area is 147 Å². The van der Waals surface area contributed by atoms with E-state index in [1.165, 1.54) is 6.26 Å². The fourth-order valence-electron chi connectivity index (χ4n) is 2.58. The van der Waals surface area contributed by atoms with Crippen LogP contribution in [0.15, 0.2) is 28.9 Å². The standard InChI is InChI=1S/C18H24N2O5/c1-5-12(2)20(10-16-19-14(11-25-16)18(21)22)9-13-7-6-8-15(23-3)17(13)24-4/h6-8,11-12H,5,9-10H2,1-4H3,(H,21,22). The number of carbonyl (C=O) groups is 1. The molecule has 0 radical (unpaired) electrons. The summed E-state index contributed by atoms with van der Waals surface area (Å²) in [5.74, 6) is 0.643. The zero-order valence-electron chi connectivity index (χ0n) is 15.0. The lowest BCUT2D eigenvalue weighted by atomic mass is 10.1. The van der Waals surface area contributed by atoms with E-state index in [1.54, 1.807) is 14.2 Å². The number of hydrogen-bond donors (Lipinski definition) is 1. The summed E-state index contributed by atoms with van der Waals surface area (Å²) in [5.41, 5.74) is 0.894. The molecular weight excluding hydrogens is 324 g/mol. The Hall–Kier alpha value is -2.54. The van der Waals surface area contributed by atoms with E-state index < -0.39 is 5.97 Å². The molecule has 1 N–H and O–H groups in total. The van der Waals surface area contributed by atoms with Gasteiger partial charge in [0.05, 0.1) is 20.8 Å². The molecule has 1 aromatic heterocycles. The van der Waals surface area contributed by atoms with Crippen LogP contribution in [0.5, 0.6) is 11.5 Å². The van der Waals surface area contributed by atoms with Crippen LogP contribution in [0.25, 0.3) is 0 Å². The fourth-order valence-corrected chi connectivity index (χ4v) is 2.58. The first-order valence-corrected chi connectivity index (χ1v) is 8.11. The largest absolute Gasteiger partial charge is 0.493 e. The second-order valence-corrected chi connectivity index (χ2v) is 5.75. The fraction of sp³-hybridized carbons (Fsp3) is 0.444. The molecule has 0 amide bonds. The van der Waals surface area contributed by atoms with Crippen LogP contribution in [0.1, 0.15) is 42.2 Å². The van der Waals surface area contributed by atoms with E-state index in [-0.39, 0.29) is 11.7 Å². The highest BCUT2D eigenvalue weighted by atomic mass is 16.5. The average molecular weight is 348 g/mol. The van der Waals surface area contributed by atoms with E-state index in [0.717, 1.165) is 12.0 Å². The number of aromatic carboxylic acids is 1. The van der Waals surface area contributed by atoms with Gasteiger partial charge in [-0.15, -0.1) is 0 Å². The number of ether oxygens (including phenoxy) is 2. The SMILES string of the molecule is CCC(C)N(Cc1nc(C(=O)O)co1)Cc1cccc(OC)c1OC. The summed E-state index contributed by atoms with van der Waals surface area (Å²) in [7, 11) is 3.22. The van der Waals surface area contributed by atoms with E-state index in [1.807, 2.05) is 18.2 Å². The Morgan fingerprint density at radius 1 is 1.32 bits per heavy atom. The Bertz CT molecular complexity index is 713. The molecule has 2 rings (SSSR count). The Morgan fingerprint density at radius 2 is 2.08 bits per heavy atom. The predicted octanol–water partition coefficient (Wildman–Crippen LogP) is 3.19. The molecule has 136 valence electrons. The quantitative estimate of drug-likeness (QED) is 0.745. The number of carboxylic acid groups (broad SMARTS) is 1. The third-order valence-electron chi connectivity index (χ3n) is 4.18. The lowest BCUT2D eigenvalue weighted by Gasteiger charge is -2.28. The van der Waals surface area contributed by atoms with Crippen LogP contribution < -0.4 is 9.47 Å². The normalized spacial score (nSPS) is 12.2. The van der Waals surface area contributed by atoms with Gasteiger partial charge >= 0.3 is 5.97 Å². The molecular formula is C18H24N2O5. The van der Waals surface area contributed by atoms with Crippen molar-refractivity contribution < 1.29 is 23.8 Å². The van der Waals surface area contributed by atoms with Crippen molar-refractivity contribution in [3.63, 3.8) is 0 Å². The Kier molecular flexibility index (Phi) is 6.41. The first-order chi connectivity index (χ1) is 12.0. The van der Waals surface area contributed by atoms with Crippen molar-refractivity contribution in [3.05, 3.63) is 41.6 Å². The molecule has 0 spiro atoms. The van der Waals surface area contributed by atoms with Gasteiger partial charge in [-0.1, -0.05) is 19.1 Å². The van der Waals surface area contributed by atoms with Gasteiger partial charge in [-0.25, -0.2) is 9.78 Å². The summed E-state index contributed by atoms with van der Waals surface area (Å²) < 4.78 is 16.2. The lowest BCUT2D eigenvalue weighted by molar-refractivity contribution is 0.0690. The zero-order chi connectivity index (χ0) is 18.4. The van der Waals surface area contributed by atoms with Crippen LogP contribution in [0.4, 0.5) is 0 Å². The van der Waals surface area contributed by atoms with Crippen molar-refractivity contribution in [3.8, 4) is 11.5 Å². The maximum atomic E-state index is 11.0. The molecule has 7 heteroatoms. The molecule has 0 saturated heterocycles. The van der Waals surface area contributed by atoms with Gasteiger partial charge in [-0.3, -0.25) is 4.90 Å². The molecule has 0 fully saturated rings. The first kappa shape index (κ1) is 18.8. The maximum absolute atomic E-state index is 11.0. The highest BCUT2D eigenvalue weighted by molar-refractivity contribution is 5.84. The van der Waals surface area contributed by atoms with Crippen LogP contribution in [0, 0.1) is 0 Å². The number of benzene rings is 1. The third-order valence-corrected chi connectivity index (χ3v) is 4.18. The highest BCUT2D eigenvalue weighted by Gasteiger charge is 2.20. The van der Waals surface area contributed by atoms with Crippen molar-refractivity contribution in [1.29, 1.82) is 0 Å². The van der Waals surface area contributed by atoms with E-state index in [2.05, 4.69) is 23.7 Å². The molecule has 7 nitrogen and oxygen atoms in total. The molecule has 1 atom stereocenters. The molecule has 1 aromatic carbocycles. The summed E-state index contributed by atoms with van der Waals surface area (Å²) in [5, 5.41) is 8.98. The topological polar surface area (TPSA) is 85.0 Å². The minimum atomic E-state index is -1.10. The molecule has 0 bridgehead atoms. The van der Waals surface area contributed by atoms with E-state index in [0.29, 0.717) is 30.5 Å². The minimum absolute atomic E-state index is 0.0851. The van der Waals surface area contributed by atoms with Crippen LogP contribution in [0.2, 0.25) is 0 Å². The molecule has 0 aliphatic carbocycles. The number of nitrogens with zero attached hydrogens (tertiary/aromatic N) is 2. The van der Waals surface area contributed by atoms with Crippen molar-refractivity contribution in [2.45, 2.75) is 39.4 Å². The Morgan fingerprint density at radius 3 is 2.64 bits per heavy atom. The molecule has 2 aromatic rings. The number of rotatable bonds is 9. The van der Waals surface area contributed by atoms with Gasteiger partial charge in [0, 0.05) is 18.2 Å². The van der Waals surface area contributed by atoms with Crippen LogP contribution >= 0.6 is 0 Å². The van der Waals surface area contributed by atoms with Gasteiger partial charge in [0.15, 0.2) is 17.2 Å². The summed E-state index contributed by atoms with van der Waals surface area (Å²) in [4.78, 5) is 17.2. The van der Waals surface area contributed by atoms with Crippen molar-refractivity contribution in [1.82, 2.24) is 9.88 Å². The molecule has 0 aliphatic rings. The van der Waals surface area contributed by atoms with Gasteiger partial charge < -0.3 is 19.0 Å². The van der Waals surface area contributed by atoms with Crippen LogP contribution in [-0.2, 0) is 13.1 Å². The van der Waals surface area contributed by atoms with E-state index >= 15 is 0 Å². The monoisotopic (exact) mass is 348 g/mol. The summed E-state index contributed by atoms with van der Waals surface area (Å²) in [6.45, 7) is 5.20. The second kappa shape index (κ2) is 8.53. The summed E-state index contributed by atoms with van der Waals surface area (Å²) in [6.07, 6.45) is 2.09. The van der Waals surface area contributed by atoms with Gasteiger partial charge in [0.25, 0.3) is 0 Å². The predicted molar refractivity (Wildman–Crippen MR) is 92.0 cm³/mol. The van der Waals surface area contributed by atoms with Crippen molar-refractivity contribution in [2.24, 2.45) is 0 Å². The average Bonchev–Trinajstić information content (AvgIpc) is 3.09.